The van der Waals surface area contributed by atoms with Crippen LogP contribution in [0.15, 0.2) is 24.3 Å². The summed E-state index contributed by atoms with van der Waals surface area (Å²) in [4.78, 5) is 0. The number of ether oxygens (including phenoxy) is 1. The summed E-state index contributed by atoms with van der Waals surface area (Å²) in [7, 11) is 0. The first-order valence-corrected chi connectivity index (χ1v) is 6.64. The van der Waals surface area contributed by atoms with E-state index in [2.05, 4.69) is 0 Å². The van der Waals surface area contributed by atoms with E-state index in [0.717, 1.165) is 17.7 Å². The maximum absolute atomic E-state index is 10.0. The van der Waals surface area contributed by atoms with Crippen LogP contribution in [0, 0.1) is 12.8 Å². The number of aliphatic hydroxyl groups excluding tert-OH is 1. The van der Waals surface area contributed by atoms with E-state index < -0.39 is 0 Å². The number of aliphatic hydroxyl groups is 1. The van der Waals surface area contributed by atoms with Crippen LogP contribution in [0.2, 0.25) is 0 Å². The second-order valence-corrected chi connectivity index (χ2v) is 5.01. The first kappa shape index (κ1) is 12.4. The minimum Gasteiger partial charge on any atom is -0.493 e. The Morgan fingerprint density at radius 2 is 2.00 bits per heavy atom. The van der Waals surface area contributed by atoms with E-state index in [4.69, 9.17) is 4.74 Å². The van der Waals surface area contributed by atoms with E-state index >= 15 is 0 Å². The lowest BCUT2D eigenvalue weighted by molar-refractivity contribution is 0.0852. The van der Waals surface area contributed by atoms with Crippen molar-refractivity contribution in [1.82, 2.24) is 0 Å². The molecule has 1 aromatic carbocycles. The molecule has 2 heteroatoms. The third kappa shape index (κ3) is 3.47. The van der Waals surface area contributed by atoms with Crippen LogP contribution in [0.25, 0.3) is 0 Å². The summed E-state index contributed by atoms with van der Waals surface area (Å²) in [5, 5.41) is 10.0. The summed E-state index contributed by atoms with van der Waals surface area (Å²) in [6.07, 6.45) is 5.50. The highest BCUT2D eigenvalue weighted by atomic mass is 16.5. The molecular formula is C15H22O2. The number of hydrogen-bond acceptors (Lipinski definition) is 2. The molecule has 0 bridgehead atoms. The summed E-state index contributed by atoms with van der Waals surface area (Å²) in [6.45, 7) is 2.66. The molecule has 1 aromatic rings. The van der Waals surface area contributed by atoms with Crippen molar-refractivity contribution in [3.8, 4) is 5.75 Å². The Bertz CT molecular complexity index is 343. The third-order valence-corrected chi connectivity index (χ3v) is 3.71. The molecule has 0 heterocycles. The summed E-state index contributed by atoms with van der Waals surface area (Å²) < 4.78 is 5.71. The Morgan fingerprint density at radius 3 is 2.71 bits per heavy atom. The minimum absolute atomic E-state index is 0.179. The third-order valence-electron chi connectivity index (χ3n) is 3.71. The fourth-order valence-corrected chi connectivity index (χ4v) is 2.59. The van der Waals surface area contributed by atoms with Gasteiger partial charge < -0.3 is 9.84 Å². The van der Waals surface area contributed by atoms with Gasteiger partial charge in [-0.3, -0.25) is 0 Å². The highest BCUT2D eigenvalue weighted by molar-refractivity contribution is 5.31. The lowest BCUT2D eigenvalue weighted by atomic mass is 9.99. The summed E-state index contributed by atoms with van der Waals surface area (Å²) in [5.74, 6) is 1.45. The van der Waals surface area contributed by atoms with Crippen molar-refractivity contribution < 1.29 is 9.84 Å². The molecule has 1 saturated carbocycles. The van der Waals surface area contributed by atoms with E-state index in [1.165, 1.54) is 25.7 Å². The molecule has 0 aromatic heterocycles. The van der Waals surface area contributed by atoms with Crippen LogP contribution in [-0.2, 0) is 0 Å². The van der Waals surface area contributed by atoms with Crippen LogP contribution in [0.1, 0.15) is 37.7 Å². The van der Waals surface area contributed by atoms with Gasteiger partial charge in [-0.25, -0.2) is 0 Å². The fraction of sp³-hybridized carbons (Fsp3) is 0.600. The van der Waals surface area contributed by atoms with E-state index in [-0.39, 0.29) is 6.10 Å². The minimum atomic E-state index is -0.179. The van der Waals surface area contributed by atoms with Crippen molar-refractivity contribution in [2.75, 3.05) is 6.61 Å². The molecule has 0 saturated heterocycles. The lowest BCUT2D eigenvalue weighted by Crippen LogP contribution is -2.20. The lowest BCUT2D eigenvalue weighted by Gasteiger charge is -2.18. The van der Waals surface area contributed by atoms with Crippen LogP contribution >= 0.6 is 0 Å². The van der Waals surface area contributed by atoms with Gasteiger partial charge in [0, 0.05) is 6.42 Å². The van der Waals surface area contributed by atoms with Crippen molar-refractivity contribution in [1.29, 1.82) is 0 Å². The highest BCUT2D eigenvalue weighted by Crippen LogP contribution is 2.29. The molecule has 0 spiro atoms. The van der Waals surface area contributed by atoms with Crippen LogP contribution in [-0.4, -0.2) is 17.8 Å². The number of aryl methyl sites for hydroxylation is 1. The Labute approximate surface area is 104 Å². The SMILES string of the molecule is Cc1ccccc1OCCC(O)C1CCCC1. The molecule has 0 aliphatic heterocycles. The quantitative estimate of drug-likeness (QED) is 0.847. The van der Waals surface area contributed by atoms with Gasteiger partial charge in [0.1, 0.15) is 5.75 Å². The van der Waals surface area contributed by atoms with Gasteiger partial charge in [0.2, 0.25) is 0 Å². The molecule has 1 fully saturated rings. The number of rotatable bonds is 5. The first-order valence-electron chi connectivity index (χ1n) is 6.64. The normalized spacial score (nSPS) is 18.2. The van der Waals surface area contributed by atoms with Crippen molar-refractivity contribution in [2.45, 2.75) is 45.1 Å². The molecule has 2 rings (SSSR count). The second kappa shape index (κ2) is 6.06. The van der Waals surface area contributed by atoms with Crippen LogP contribution in [0.3, 0.4) is 0 Å². The van der Waals surface area contributed by atoms with Crippen molar-refractivity contribution in [2.24, 2.45) is 5.92 Å². The average molecular weight is 234 g/mol. The van der Waals surface area contributed by atoms with Crippen molar-refractivity contribution in [3.63, 3.8) is 0 Å². The van der Waals surface area contributed by atoms with Crippen LogP contribution in [0.5, 0.6) is 5.75 Å². The number of para-hydroxylation sites is 1. The molecule has 94 valence electrons. The van der Waals surface area contributed by atoms with E-state index in [1.54, 1.807) is 0 Å². The summed E-state index contributed by atoms with van der Waals surface area (Å²) >= 11 is 0. The maximum Gasteiger partial charge on any atom is 0.122 e. The van der Waals surface area contributed by atoms with E-state index in [9.17, 15) is 5.11 Å². The average Bonchev–Trinajstić information content (AvgIpc) is 2.85. The van der Waals surface area contributed by atoms with Crippen LogP contribution < -0.4 is 4.74 Å². The fourth-order valence-electron chi connectivity index (χ4n) is 2.59. The summed E-state index contributed by atoms with van der Waals surface area (Å²) in [5.41, 5.74) is 1.16. The molecule has 1 unspecified atom stereocenters. The van der Waals surface area contributed by atoms with Crippen LogP contribution in [0.4, 0.5) is 0 Å². The zero-order chi connectivity index (χ0) is 12.1. The standard InChI is InChI=1S/C15H22O2/c1-12-6-2-5-9-15(12)17-11-10-14(16)13-7-3-4-8-13/h2,5-6,9,13-14,16H,3-4,7-8,10-11H2,1H3. The maximum atomic E-state index is 10.0. The zero-order valence-corrected chi connectivity index (χ0v) is 10.6. The largest absolute Gasteiger partial charge is 0.493 e. The Hall–Kier alpha value is -1.02. The van der Waals surface area contributed by atoms with Gasteiger partial charge in [0.15, 0.2) is 0 Å². The molecule has 1 aliphatic rings. The van der Waals surface area contributed by atoms with E-state index in [1.807, 2.05) is 31.2 Å². The zero-order valence-electron chi connectivity index (χ0n) is 10.6. The molecule has 2 nitrogen and oxygen atoms in total. The van der Waals surface area contributed by atoms with Gasteiger partial charge >= 0.3 is 0 Å². The number of hydrogen-bond donors (Lipinski definition) is 1. The molecule has 1 N–H and O–H groups in total. The van der Waals surface area contributed by atoms with E-state index in [0.29, 0.717) is 12.5 Å². The van der Waals surface area contributed by atoms with Gasteiger partial charge in [-0.1, -0.05) is 31.0 Å². The molecule has 1 atom stereocenters. The van der Waals surface area contributed by atoms with Gasteiger partial charge in [-0.2, -0.15) is 0 Å². The van der Waals surface area contributed by atoms with Gasteiger partial charge in [0.25, 0.3) is 0 Å². The number of benzene rings is 1. The Balaban J connectivity index is 1.74. The Kier molecular flexibility index (Phi) is 4.43. The second-order valence-electron chi connectivity index (χ2n) is 5.01. The van der Waals surface area contributed by atoms with Gasteiger partial charge in [0.05, 0.1) is 12.7 Å². The van der Waals surface area contributed by atoms with Gasteiger partial charge in [-0.15, -0.1) is 0 Å². The Morgan fingerprint density at radius 1 is 1.29 bits per heavy atom. The predicted octanol–water partition coefficient (Wildman–Crippen LogP) is 3.32. The topological polar surface area (TPSA) is 29.5 Å². The molecule has 1 aliphatic carbocycles. The summed E-state index contributed by atoms with van der Waals surface area (Å²) in [6, 6.07) is 8.02. The molecular weight excluding hydrogens is 212 g/mol. The monoisotopic (exact) mass is 234 g/mol. The molecule has 0 radical (unpaired) electrons. The predicted molar refractivity (Wildman–Crippen MR) is 69.3 cm³/mol. The van der Waals surface area contributed by atoms with Crippen molar-refractivity contribution in [3.05, 3.63) is 29.8 Å². The van der Waals surface area contributed by atoms with Crippen molar-refractivity contribution >= 4 is 0 Å². The molecule has 17 heavy (non-hydrogen) atoms. The molecule has 0 amide bonds. The van der Waals surface area contributed by atoms with Gasteiger partial charge in [-0.05, 0) is 37.3 Å². The highest BCUT2D eigenvalue weighted by Gasteiger charge is 2.22. The smallest absolute Gasteiger partial charge is 0.122 e. The first-order chi connectivity index (χ1) is 8.27.